The van der Waals surface area contributed by atoms with Crippen molar-refractivity contribution in [3.63, 3.8) is 0 Å². The average molecular weight is 444 g/mol. The van der Waals surface area contributed by atoms with Gasteiger partial charge in [-0.1, -0.05) is 29.3 Å². The van der Waals surface area contributed by atoms with Crippen LogP contribution in [0.1, 0.15) is 22.5 Å². The van der Waals surface area contributed by atoms with Crippen molar-refractivity contribution >= 4 is 41.2 Å². The molecule has 0 aliphatic heterocycles. The Balaban J connectivity index is 1.64. The summed E-state index contributed by atoms with van der Waals surface area (Å²) in [5.74, 6) is -1.63. The molecule has 0 aliphatic carbocycles. The number of hydrogen-bond donors (Lipinski definition) is 2. The fraction of sp³-hybridized carbons (Fsp3) is 0.143. The van der Waals surface area contributed by atoms with Gasteiger partial charge in [-0.05, 0) is 49.7 Å². The van der Waals surface area contributed by atoms with E-state index >= 15 is 0 Å². The third kappa shape index (κ3) is 5.06. The molecule has 7 nitrogen and oxygen atoms in total. The summed E-state index contributed by atoms with van der Waals surface area (Å²) in [6, 6.07) is 10.8. The van der Waals surface area contributed by atoms with E-state index in [2.05, 4.69) is 20.8 Å². The third-order valence-electron chi connectivity index (χ3n) is 4.38. The molecule has 2 heterocycles. The molecule has 0 radical (unpaired) electrons. The number of carbonyl (C=O) groups is 2. The second kappa shape index (κ2) is 9.56. The Morgan fingerprint density at radius 1 is 1.13 bits per heavy atom. The molecule has 0 unspecified atom stereocenters. The van der Waals surface area contributed by atoms with Crippen LogP contribution in [0, 0.1) is 13.8 Å². The summed E-state index contributed by atoms with van der Waals surface area (Å²) in [5.41, 5.74) is 6.51. The zero-order valence-corrected chi connectivity index (χ0v) is 17.8. The molecular weight excluding hydrogens is 425 g/mol. The van der Waals surface area contributed by atoms with E-state index in [4.69, 9.17) is 23.2 Å². The highest BCUT2D eigenvalue weighted by Gasteiger charge is 2.13. The minimum absolute atomic E-state index is 0.203. The van der Waals surface area contributed by atoms with Crippen LogP contribution in [0.4, 0.5) is 0 Å². The number of carbonyl (C=O) groups excluding carboxylic acids is 2. The van der Waals surface area contributed by atoms with Crippen molar-refractivity contribution in [1.29, 1.82) is 0 Å². The topological polar surface area (TPSA) is 88.4 Å². The second-order valence-electron chi connectivity index (χ2n) is 6.50. The number of nitrogens with zero attached hydrogens (tertiary/aromatic N) is 3. The largest absolute Gasteiger partial charge is 0.344 e. The SMILES string of the molecule is Cc1cc(/C=N\NC(=O)C(=O)NCc2cccnc2)c(C)n1-c1ccc(Cl)c(Cl)c1. The summed E-state index contributed by atoms with van der Waals surface area (Å²) in [6.45, 7) is 4.06. The minimum atomic E-state index is -0.853. The Bertz CT molecular complexity index is 1110. The fourth-order valence-electron chi connectivity index (χ4n) is 2.92. The van der Waals surface area contributed by atoms with Gasteiger partial charge in [-0.25, -0.2) is 5.43 Å². The number of aromatic nitrogens is 2. The summed E-state index contributed by atoms with van der Waals surface area (Å²) in [6.07, 6.45) is 4.73. The first kappa shape index (κ1) is 21.5. The number of halogens is 2. The molecule has 3 aromatic rings. The Kier molecular flexibility index (Phi) is 6.87. The summed E-state index contributed by atoms with van der Waals surface area (Å²) in [7, 11) is 0. The molecule has 0 spiro atoms. The van der Waals surface area contributed by atoms with Crippen LogP contribution in [-0.4, -0.2) is 27.6 Å². The van der Waals surface area contributed by atoms with Crippen LogP contribution in [0.2, 0.25) is 10.0 Å². The molecule has 30 heavy (non-hydrogen) atoms. The number of benzene rings is 1. The van der Waals surface area contributed by atoms with E-state index in [0.717, 1.165) is 28.2 Å². The lowest BCUT2D eigenvalue weighted by atomic mass is 10.2. The standard InChI is InChI=1S/C21H19Cl2N5O2/c1-13-8-16(14(2)28(13)17-5-6-18(22)19(23)9-17)12-26-27-21(30)20(29)25-11-15-4-3-7-24-10-15/h3-10,12H,11H2,1-2H3,(H,25,29)(H,27,30)/b26-12-. The Labute approximate surface area is 183 Å². The summed E-state index contributed by atoms with van der Waals surface area (Å²) < 4.78 is 1.99. The highest BCUT2D eigenvalue weighted by molar-refractivity contribution is 6.42. The van der Waals surface area contributed by atoms with Crippen LogP contribution in [0.15, 0.2) is 53.9 Å². The predicted octanol–water partition coefficient (Wildman–Crippen LogP) is 3.56. The maximum atomic E-state index is 11.9. The number of rotatable bonds is 5. The zero-order chi connectivity index (χ0) is 21.7. The van der Waals surface area contributed by atoms with Crippen LogP contribution in [0.25, 0.3) is 5.69 Å². The normalized spacial score (nSPS) is 10.9. The van der Waals surface area contributed by atoms with E-state index in [1.54, 1.807) is 36.7 Å². The molecule has 1 aromatic carbocycles. The molecule has 0 bridgehead atoms. The molecule has 0 saturated carbocycles. The van der Waals surface area contributed by atoms with Crippen molar-refractivity contribution in [2.75, 3.05) is 0 Å². The molecule has 2 aromatic heterocycles. The average Bonchev–Trinajstić information content (AvgIpc) is 3.02. The van der Waals surface area contributed by atoms with E-state index in [-0.39, 0.29) is 6.54 Å². The van der Waals surface area contributed by atoms with Gasteiger partial charge in [0.1, 0.15) is 0 Å². The van der Waals surface area contributed by atoms with Gasteiger partial charge in [-0.3, -0.25) is 14.6 Å². The quantitative estimate of drug-likeness (QED) is 0.358. The molecule has 0 fully saturated rings. The number of hydrazone groups is 1. The Morgan fingerprint density at radius 2 is 1.93 bits per heavy atom. The lowest BCUT2D eigenvalue weighted by molar-refractivity contribution is -0.139. The minimum Gasteiger partial charge on any atom is -0.344 e. The molecule has 154 valence electrons. The van der Waals surface area contributed by atoms with E-state index in [9.17, 15) is 9.59 Å². The molecule has 0 saturated heterocycles. The monoisotopic (exact) mass is 443 g/mol. The van der Waals surface area contributed by atoms with Gasteiger partial charge in [0.05, 0.1) is 16.3 Å². The highest BCUT2D eigenvalue weighted by atomic mass is 35.5. The van der Waals surface area contributed by atoms with Gasteiger partial charge in [-0.2, -0.15) is 5.10 Å². The van der Waals surface area contributed by atoms with Crippen molar-refractivity contribution in [3.8, 4) is 5.69 Å². The lowest BCUT2D eigenvalue weighted by Crippen LogP contribution is -2.37. The van der Waals surface area contributed by atoms with Crippen LogP contribution in [0.5, 0.6) is 0 Å². The fourth-order valence-corrected chi connectivity index (χ4v) is 3.21. The third-order valence-corrected chi connectivity index (χ3v) is 5.12. The number of aryl methyl sites for hydroxylation is 1. The van der Waals surface area contributed by atoms with E-state index < -0.39 is 11.8 Å². The molecule has 0 aliphatic rings. The van der Waals surface area contributed by atoms with Crippen LogP contribution in [-0.2, 0) is 16.1 Å². The van der Waals surface area contributed by atoms with Crippen LogP contribution >= 0.6 is 23.2 Å². The molecule has 3 rings (SSSR count). The molecule has 2 amide bonds. The van der Waals surface area contributed by atoms with Gasteiger partial charge in [0.15, 0.2) is 0 Å². The summed E-state index contributed by atoms with van der Waals surface area (Å²) in [4.78, 5) is 27.7. The van der Waals surface area contributed by atoms with Gasteiger partial charge < -0.3 is 9.88 Å². The molecule has 9 heteroatoms. The Morgan fingerprint density at radius 3 is 2.63 bits per heavy atom. The molecule has 2 N–H and O–H groups in total. The lowest BCUT2D eigenvalue weighted by Gasteiger charge is -2.10. The Hall–Kier alpha value is -3.16. The number of nitrogens with one attached hydrogen (secondary N) is 2. The summed E-state index contributed by atoms with van der Waals surface area (Å²) >= 11 is 12.1. The van der Waals surface area contributed by atoms with E-state index in [0.29, 0.717) is 10.0 Å². The van der Waals surface area contributed by atoms with Crippen molar-refractivity contribution in [1.82, 2.24) is 20.3 Å². The van der Waals surface area contributed by atoms with Crippen molar-refractivity contribution in [3.05, 3.63) is 81.4 Å². The first-order valence-electron chi connectivity index (χ1n) is 9.01. The number of hydrogen-bond acceptors (Lipinski definition) is 4. The molecular formula is C21H19Cl2N5O2. The van der Waals surface area contributed by atoms with Gasteiger partial charge in [0.2, 0.25) is 0 Å². The van der Waals surface area contributed by atoms with Crippen molar-refractivity contribution in [2.45, 2.75) is 20.4 Å². The number of pyridine rings is 1. The predicted molar refractivity (Wildman–Crippen MR) is 117 cm³/mol. The first-order valence-corrected chi connectivity index (χ1v) is 9.77. The van der Waals surface area contributed by atoms with Crippen molar-refractivity contribution < 1.29 is 9.59 Å². The van der Waals surface area contributed by atoms with Crippen molar-refractivity contribution in [2.24, 2.45) is 5.10 Å². The maximum absolute atomic E-state index is 11.9. The molecule has 0 atom stereocenters. The zero-order valence-electron chi connectivity index (χ0n) is 16.3. The van der Waals surface area contributed by atoms with E-state index in [1.165, 1.54) is 6.21 Å². The van der Waals surface area contributed by atoms with Gasteiger partial charge in [-0.15, -0.1) is 0 Å². The second-order valence-corrected chi connectivity index (χ2v) is 7.32. The smallest absolute Gasteiger partial charge is 0.329 e. The van der Waals surface area contributed by atoms with Gasteiger partial charge in [0.25, 0.3) is 0 Å². The number of amides is 2. The van der Waals surface area contributed by atoms with Crippen LogP contribution < -0.4 is 10.7 Å². The first-order chi connectivity index (χ1) is 14.4. The summed E-state index contributed by atoms with van der Waals surface area (Å²) in [5, 5.41) is 7.35. The van der Waals surface area contributed by atoms with Gasteiger partial charge >= 0.3 is 11.8 Å². The van der Waals surface area contributed by atoms with Crippen LogP contribution in [0.3, 0.4) is 0 Å². The van der Waals surface area contributed by atoms with Gasteiger partial charge in [0, 0.05) is 41.6 Å². The van der Waals surface area contributed by atoms with E-state index in [1.807, 2.05) is 30.5 Å². The maximum Gasteiger partial charge on any atom is 0.329 e. The highest BCUT2D eigenvalue weighted by Crippen LogP contribution is 2.27.